The fourth-order valence-electron chi connectivity index (χ4n) is 2.50. The Hall–Kier alpha value is -3.22. The zero-order valence-electron chi connectivity index (χ0n) is 16.6. The predicted molar refractivity (Wildman–Crippen MR) is 104 cm³/mol. The SMILES string of the molecule is CCOc1ccc(CN(C)C(=O)COC(=O)c2ccc(OC)c(OC)c2)cc1. The van der Waals surface area contributed by atoms with E-state index in [0.717, 1.165) is 11.3 Å². The van der Waals surface area contributed by atoms with Crippen LogP contribution in [0.3, 0.4) is 0 Å². The molecule has 7 nitrogen and oxygen atoms in total. The van der Waals surface area contributed by atoms with Crippen molar-refractivity contribution in [3.05, 3.63) is 53.6 Å². The van der Waals surface area contributed by atoms with Gasteiger partial charge >= 0.3 is 5.97 Å². The van der Waals surface area contributed by atoms with Gasteiger partial charge < -0.3 is 23.8 Å². The number of carbonyl (C=O) groups excluding carboxylic acids is 2. The molecule has 150 valence electrons. The number of ether oxygens (including phenoxy) is 4. The Morgan fingerprint density at radius 3 is 2.25 bits per heavy atom. The summed E-state index contributed by atoms with van der Waals surface area (Å²) in [5, 5.41) is 0. The third-order valence-corrected chi connectivity index (χ3v) is 4.03. The predicted octanol–water partition coefficient (Wildman–Crippen LogP) is 2.92. The van der Waals surface area contributed by atoms with Crippen LogP contribution >= 0.6 is 0 Å². The molecule has 0 atom stereocenters. The van der Waals surface area contributed by atoms with Crippen LogP contribution in [-0.4, -0.2) is 51.3 Å². The summed E-state index contributed by atoms with van der Waals surface area (Å²) in [5.41, 5.74) is 1.23. The summed E-state index contributed by atoms with van der Waals surface area (Å²) in [4.78, 5) is 25.9. The maximum atomic E-state index is 12.3. The van der Waals surface area contributed by atoms with Crippen LogP contribution in [0.2, 0.25) is 0 Å². The Kier molecular flexibility index (Phi) is 7.68. The van der Waals surface area contributed by atoms with Gasteiger partial charge in [-0.1, -0.05) is 12.1 Å². The summed E-state index contributed by atoms with van der Waals surface area (Å²) in [6.07, 6.45) is 0. The number of esters is 1. The normalized spacial score (nSPS) is 10.1. The van der Waals surface area contributed by atoms with Crippen LogP contribution in [0.15, 0.2) is 42.5 Å². The van der Waals surface area contributed by atoms with Gasteiger partial charge in [-0.25, -0.2) is 4.79 Å². The largest absolute Gasteiger partial charge is 0.494 e. The topological polar surface area (TPSA) is 74.3 Å². The number of amides is 1. The van der Waals surface area contributed by atoms with Gasteiger partial charge in [-0.2, -0.15) is 0 Å². The second-order valence-electron chi connectivity index (χ2n) is 5.97. The van der Waals surface area contributed by atoms with E-state index in [4.69, 9.17) is 18.9 Å². The highest BCUT2D eigenvalue weighted by Crippen LogP contribution is 2.27. The van der Waals surface area contributed by atoms with Crippen LogP contribution in [-0.2, 0) is 16.1 Å². The zero-order chi connectivity index (χ0) is 20.5. The summed E-state index contributed by atoms with van der Waals surface area (Å²) in [6.45, 7) is 2.58. The van der Waals surface area contributed by atoms with Crippen molar-refractivity contribution in [3.8, 4) is 17.2 Å². The average Bonchev–Trinajstić information content (AvgIpc) is 2.72. The van der Waals surface area contributed by atoms with Crippen molar-refractivity contribution in [3.63, 3.8) is 0 Å². The molecule has 0 bridgehead atoms. The van der Waals surface area contributed by atoms with Crippen molar-refractivity contribution >= 4 is 11.9 Å². The number of likely N-dealkylation sites (N-methyl/N-ethyl adjacent to an activating group) is 1. The van der Waals surface area contributed by atoms with Crippen molar-refractivity contribution in [1.82, 2.24) is 4.90 Å². The lowest BCUT2D eigenvalue weighted by molar-refractivity contribution is -0.133. The Balaban J connectivity index is 1.89. The fourth-order valence-corrected chi connectivity index (χ4v) is 2.50. The Bertz CT molecular complexity index is 803. The molecule has 0 saturated heterocycles. The third kappa shape index (κ3) is 5.64. The van der Waals surface area contributed by atoms with E-state index < -0.39 is 5.97 Å². The Labute approximate surface area is 164 Å². The second kappa shape index (κ2) is 10.2. The fraction of sp³-hybridized carbons (Fsp3) is 0.333. The standard InChI is InChI=1S/C21H25NO6/c1-5-27-17-9-6-15(7-10-17)13-22(2)20(23)14-28-21(24)16-8-11-18(25-3)19(12-16)26-4/h6-12H,5,13-14H2,1-4H3. The maximum Gasteiger partial charge on any atom is 0.338 e. The van der Waals surface area contributed by atoms with E-state index >= 15 is 0 Å². The molecule has 28 heavy (non-hydrogen) atoms. The minimum Gasteiger partial charge on any atom is -0.494 e. The third-order valence-electron chi connectivity index (χ3n) is 4.03. The number of nitrogens with zero attached hydrogens (tertiary/aromatic N) is 1. The Morgan fingerprint density at radius 2 is 1.64 bits per heavy atom. The van der Waals surface area contributed by atoms with Crippen molar-refractivity contribution in [2.75, 3.05) is 34.5 Å². The second-order valence-corrected chi connectivity index (χ2v) is 5.97. The summed E-state index contributed by atoms with van der Waals surface area (Å²) < 4.78 is 20.8. The van der Waals surface area contributed by atoms with Crippen LogP contribution in [0.25, 0.3) is 0 Å². The average molecular weight is 387 g/mol. The summed E-state index contributed by atoms with van der Waals surface area (Å²) in [5.74, 6) is 0.789. The molecule has 1 amide bonds. The molecule has 0 heterocycles. The van der Waals surface area contributed by atoms with Gasteiger partial charge in [0.05, 0.1) is 26.4 Å². The first-order chi connectivity index (χ1) is 13.5. The van der Waals surface area contributed by atoms with E-state index in [0.29, 0.717) is 24.7 Å². The molecule has 7 heteroatoms. The summed E-state index contributed by atoms with van der Waals surface area (Å²) >= 11 is 0. The van der Waals surface area contributed by atoms with Crippen molar-refractivity contribution in [2.24, 2.45) is 0 Å². The smallest absolute Gasteiger partial charge is 0.338 e. The number of methoxy groups -OCH3 is 2. The molecule has 0 radical (unpaired) electrons. The molecule has 0 unspecified atom stereocenters. The number of hydrogen-bond donors (Lipinski definition) is 0. The van der Waals surface area contributed by atoms with E-state index in [9.17, 15) is 9.59 Å². The van der Waals surface area contributed by atoms with Gasteiger partial charge in [0.1, 0.15) is 5.75 Å². The minimum absolute atomic E-state index is 0.277. The molecule has 0 aliphatic rings. The summed E-state index contributed by atoms with van der Waals surface area (Å²) in [7, 11) is 4.64. The van der Waals surface area contributed by atoms with Gasteiger partial charge in [-0.3, -0.25) is 4.79 Å². The number of rotatable bonds is 9. The lowest BCUT2D eigenvalue weighted by Gasteiger charge is -2.17. The molecule has 0 aliphatic heterocycles. The van der Waals surface area contributed by atoms with Gasteiger partial charge in [0, 0.05) is 13.6 Å². The van der Waals surface area contributed by atoms with E-state index in [2.05, 4.69) is 0 Å². The van der Waals surface area contributed by atoms with Gasteiger partial charge in [-0.05, 0) is 42.8 Å². The van der Waals surface area contributed by atoms with Crippen LogP contribution in [0.4, 0.5) is 0 Å². The van der Waals surface area contributed by atoms with Crippen LogP contribution in [0.1, 0.15) is 22.8 Å². The first kappa shape index (κ1) is 21.1. The van der Waals surface area contributed by atoms with Crippen molar-refractivity contribution < 1.29 is 28.5 Å². The van der Waals surface area contributed by atoms with E-state index in [1.54, 1.807) is 19.2 Å². The number of hydrogen-bond acceptors (Lipinski definition) is 6. The van der Waals surface area contributed by atoms with E-state index in [1.807, 2.05) is 31.2 Å². The lowest BCUT2D eigenvalue weighted by Crippen LogP contribution is -2.30. The van der Waals surface area contributed by atoms with Crippen LogP contribution in [0, 0.1) is 0 Å². The number of benzene rings is 2. The van der Waals surface area contributed by atoms with E-state index in [1.165, 1.54) is 25.2 Å². The molecule has 0 aliphatic carbocycles. The maximum absolute atomic E-state index is 12.3. The minimum atomic E-state index is -0.608. The van der Waals surface area contributed by atoms with Gasteiger partial charge in [0.15, 0.2) is 18.1 Å². The molecule has 0 spiro atoms. The number of carbonyl (C=O) groups is 2. The summed E-state index contributed by atoms with van der Waals surface area (Å²) in [6, 6.07) is 12.2. The molecule has 2 rings (SSSR count). The van der Waals surface area contributed by atoms with Crippen molar-refractivity contribution in [1.29, 1.82) is 0 Å². The molecule has 0 aromatic heterocycles. The van der Waals surface area contributed by atoms with Crippen molar-refractivity contribution in [2.45, 2.75) is 13.5 Å². The molecule has 2 aromatic rings. The van der Waals surface area contributed by atoms with Crippen LogP contribution < -0.4 is 14.2 Å². The Morgan fingerprint density at radius 1 is 0.964 bits per heavy atom. The quantitative estimate of drug-likeness (QED) is 0.616. The molecular formula is C21H25NO6. The highest BCUT2D eigenvalue weighted by atomic mass is 16.5. The zero-order valence-corrected chi connectivity index (χ0v) is 16.6. The highest BCUT2D eigenvalue weighted by Gasteiger charge is 2.16. The van der Waals surface area contributed by atoms with Crippen LogP contribution in [0.5, 0.6) is 17.2 Å². The molecule has 0 fully saturated rings. The first-order valence-corrected chi connectivity index (χ1v) is 8.83. The monoisotopic (exact) mass is 387 g/mol. The van der Waals surface area contributed by atoms with E-state index in [-0.39, 0.29) is 18.1 Å². The van der Waals surface area contributed by atoms with Gasteiger partial charge in [0.2, 0.25) is 0 Å². The molecular weight excluding hydrogens is 362 g/mol. The molecule has 0 saturated carbocycles. The molecule has 0 N–H and O–H groups in total. The first-order valence-electron chi connectivity index (χ1n) is 8.83. The van der Waals surface area contributed by atoms with Gasteiger partial charge in [-0.15, -0.1) is 0 Å². The highest BCUT2D eigenvalue weighted by molar-refractivity contribution is 5.92. The lowest BCUT2D eigenvalue weighted by atomic mass is 10.2. The van der Waals surface area contributed by atoms with Gasteiger partial charge in [0.25, 0.3) is 5.91 Å². The molecule has 2 aromatic carbocycles.